The van der Waals surface area contributed by atoms with Crippen molar-refractivity contribution in [3.05, 3.63) is 60.3 Å². The van der Waals surface area contributed by atoms with Crippen molar-refractivity contribution in [1.82, 2.24) is 10.3 Å². The highest BCUT2D eigenvalue weighted by Gasteiger charge is 2.21. The Hall–Kier alpha value is -3.28. The number of aromatic nitrogens is 1. The number of rotatable bonds is 6. The third kappa shape index (κ3) is 4.03. The van der Waals surface area contributed by atoms with Crippen LogP contribution in [0.2, 0.25) is 0 Å². The summed E-state index contributed by atoms with van der Waals surface area (Å²) in [6, 6.07) is 14.2. The zero-order valence-electron chi connectivity index (χ0n) is 14.7. The number of aromatic amines is 1. The molecule has 1 unspecified atom stereocenters. The van der Waals surface area contributed by atoms with Gasteiger partial charge in [-0.05, 0) is 35.9 Å². The normalized spacial score (nSPS) is 11.8. The molecule has 6 heteroatoms. The number of hydrogen-bond donors (Lipinski definition) is 3. The van der Waals surface area contributed by atoms with Crippen LogP contribution in [0.25, 0.3) is 10.9 Å². The van der Waals surface area contributed by atoms with Crippen LogP contribution in [-0.4, -0.2) is 29.9 Å². The summed E-state index contributed by atoms with van der Waals surface area (Å²) >= 11 is 0. The Morgan fingerprint density at radius 3 is 2.54 bits per heavy atom. The molecule has 134 valence electrons. The lowest BCUT2D eigenvalue weighted by molar-refractivity contribution is -0.125. The minimum absolute atomic E-state index is 0.250. The predicted molar refractivity (Wildman–Crippen MR) is 101 cm³/mol. The van der Waals surface area contributed by atoms with Gasteiger partial charge < -0.3 is 20.4 Å². The third-order valence-electron chi connectivity index (χ3n) is 4.15. The van der Waals surface area contributed by atoms with Crippen LogP contribution >= 0.6 is 0 Å². The van der Waals surface area contributed by atoms with E-state index in [4.69, 9.17) is 4.74 Å². The maximum absolute atomic E-state index is 12.7. The molecule has 0 radical (unpaired) electrons. The van der Waals surface area contributed by atoms with Crippen molar-refractivity contribution >= 4 is 28.4 Å². The average molecular weight is 351 g/mol. The number of para-hydroxylation sites is 1. The summed E-state index contributed by atoms with van der Waals surface area (Å²) in [5, 5.41) is 6.62. The Balaban J connectivity index is 1.78. The lowest BCUT2D eigenvalue weighted by Gasteiger charge is -2.17. The summed E-state index contributed by atoms with van der Waals surface area (Å²) < 4.78 is 5.11. The molecule has 3 rings (SSSR count). The summed E-state index contributed by atoms with van der Waals surface area (Å²) in [6.45, 7) is 1.41. The van der Waals surface area contributed by atoms with E-state index >= 15 is 0 Å². The smallest absolute Gasteiger partial charge is 0.247 e. The minimum atomic E-state index is -0.672. The number of benzene rings is 2. The Bertz CT molecular complexity index is 915. The molecule has 0 saturated carbocycles. The van der Waals surface area contributed by atoms with E-state index in [0.717, 1.165) is 16.5 Å². The molecule has 1 aromatic heterocycles. The van der Waals surface area contributed by atoms with Gasteiger partial charge in [-0.2, -0.15) is 0 Å². The maximum Gasteiger partial charge on any atom is 0.247 e. The monoisotopic (exact) mass is 351 g/mol. The van der Waals surface area contributed by atoms with E-state index in [2.05, 4.69) is 15.6 Å². The summed E-state index contributed by atoms with van der Waals surface area (Å²) in [5.74, 6) is 0.190. The first-order valence-corrected chi connectivity index (χ1v) is 8.34. The average Bonchev–Trinajstić information content (AvgIpc) is 3.04. The van der Waals surface area contributed by atoms with Crippen LogP contribution in [0.3, 0.4) is 0 Å². The lowest BCUT2D eigenvalue weighted by Crippen LogP contribution is -2.44. The molecule has 2 aromatic carbocycles. The molecule has 3 aromatic rings. The van der Waals surface area contributed by atoms with Gasteiger partial charge in [-0.3, -0.25) is 9.59 Å². The topological polar surface area (TPSA) is 83.2 Å². The van der Waals surface area contributed by atoms with Crippen molar-refractivity contribution in [3.8, 4) is 5.75 Å². The fraction of sp³-hybridized carbons (Fsp3) is 0.200. The predicted octanol–water partition coefficient (Wildman–Crippen LogP) is 2.86. The van der Waals surface area contributed by atoms with Crippen LogP contribution in [0.5, 0.6) is 5.75 Å². The Labute approximate surface area is 151 Å². The highest BCUT2D eigenvalue weighted by Crippen LogP contribution is 2.20. The summed E-state index contributed by atoms with van der Waals surface area (Å²) in [5.41, 5.74) is 2.62. The van der Waals surface area contributed by atoms with Crippen molar-refractivity contribution < 1.29 is 14.3 Å². The summed E-state index contributed by atoms with van der Waals surface area (Å²) in [7, 11) is 1.58. The molecule has 0 aliphatic rings. The number of anilines is 1. The van der Waals surface area contributed by atoms with E-state index in [1.54, 1.807) is 31.4 Å². The second kappa shape index (κ2) is 7.74. The van der Waals surface area contributed by atoms with E-state index in [9.17, 15) is 9.59 Å². The maximum atomic E-state index is 12.7. The Morgan fingerprint density at radius 1 is 1.12 bits per heavy atom. The van der Waals surface area contributed by atoms with E-state index in [0.29, 0.717) is 17.9 Å². The zero-order valence-corrected chi connectivity index (χ0v) is 14.7. The van der Waals surface area contributed by atoms with Gasteiger partial charge in [0.1, 0.15) is 11.8 Å². The zero-order chi connectivity index (χ0) is 18.5. The van der Waals surface area contributed by atoms with Gasteiger partial charge in [0.2, 0.25) is 11.8 Å². The van der Waals surface area contributed by atoms with Gasteiger partial charge in [0.15, 0.2) is 0 Å². The fourth-order valence-electron chi connectivity index (χ4n) is 2.88. The van der Waals surface area contributed by atoms with Crippen molar-refractivity contribution in [2.24, 2.45) is 0 Å². The van der Waals surface area contributed by atoms with Gasteiger partial charge in [-0.15, -0.1) is 0 Å². The molecule has 26 heavy (non-hydrogen) atoms. The number of nitrogens with one attached hydrogen (secondary N) is 3. The molecule has 1 atom stereocenters. The number of carbonyl (C=O) groups excluding carboxylic acids is 2. The number of H-pyrrole nitrogens is 1. The van der Waals surface area contributed by atoms with E-state index in [1.807, 2.05) is 30.5 Å². The highest BCUT2D eigenvalue weighted by atomic mass is 16.5. The molecule has 0 saturated heterocycles. The van der Waals surface area contributed by atoms with Crippen LogP contribution in [-0.2, 0) is 16.0 Å². The fourth-order valence-corrected chi connectivity index (χ4v) is 2.88. The molecule has 2 amide bonds. The van der Waals surface area contributed by atoms with Crippen LogP contribution in [0, 0.1) is 0 Å². The van der Waals surface area contributed by atoms with Gasteiger partial charge in [0, 0.05) is 36.1 Å². The Kier molecular flexibility index (Phi) is 5.22. The molecule has 0 spiro atoms. The standard InChI is InChI=1S/C20H21N3O3/c1-13(24)22-19(11-14-12-21-18-6-4-3-5-17(14)18)20(25)23-15-7-9-16(26-2)10-8-15/h3-10,12,19,21H,11H2,1-2H3,(H,22,24)(H,23,25). The lowest BCUT2D eigenvalue weighted by atomic mass is 10.0. The number of carbonyl (C=O) groups is 2. The Morgan fingerprint density at radius 2 is 1.85 bits per heavy atom. The van der Waals surface area contributed by atoms with Crippen LogP contribution in [0.15, 0.2) is 54.7 Å². The van der Waals surface area contributed by atoms with Crippen molar-refractivity contribution in [1.29, 1.82) is 0 Å². The van der Waals surface area contributed by atoms with Gasteiger partial charge in [0.05, 0.1) is 7.11 Å². The second-order valence-electron chi connectivity index (χ2n) is 6.03. The van der Waals surface area contributed by atoms with Gasteiger partial charge in [0.25, 0.3) is 0 Å². The number of methoxy groups -OCH3 is 1. The molecule has 3 N–H and O–H groups in total. The number of ether oxygens (including phenoxy) is 1. The highest BCUT2D eigenvalue weighted by molar-refractivity contribution is 5.97. The minimum Gasteiger partial charge on any atom is -0.497 e. The first-order valence-electron chi connectivity index (χ1n) is 8.34. The first kappa shape index (κ1) is 17.5. The van der Waals surface area contributed by atoms with Gasteiger partial charge in [-0.1, -0.05) is 18.2 Å². The molecule has 6 nitrogen and oxygen atoms in total. The molecule has 1 heterocycles. The van der Waals surface area contributed by atoms with E-state index < -0.39 is 6.04 Å². The van der Waals surface area contributed by atoms with Crippen molar-refractivity contribution in [3.63, 3.8) is 0 Å². The van der Waals surface area contributed by atoms with Gasteiger partial charge in [-0.25, -0.2) is 0 Å². The second-order valence-corrected chi connectivity index (χ2v) is 6.03. The first-order chi connectivity index (χ1) is 12.6. The molecule has 0 aliphatic carbocycles. The quantitative estimate of drug-likeness (QED) is 0.638. The molecule has 0 aliphatic heterocycles. The molecule has 0 fully saturated rings. The third-order valence-corrected chi connectivity index (χ3v) is 4.15. The van der Waals surface area contributed by atoms with Crippen LogP contribution in [0.4, 0.5) is 5.69 Å². The van der Waals surface area contributed by atoms with Crippen LogP contribution < -0.4 is 15.4 Å². The number of fused-ring (bicyclic) bond motifs is 1. The SMILES string of the molecule is COc1ccc(NC(=O)C(Cc2c[nH]c3ccccc23)NC(C)=O)cc1. The van der Waals surface area contributed by atoms with Crippen molar-refractivity contribution in [2.75, 3.05) is 12.4 Å². The molecular formula is C20H21N3O3. The van der Waals surface area contributed by atoms with Gasteiger partial charge >= 0.3 is 0 Å². The van der Waals surface area contributed by atoms with E-state index in [-0.39, 0.29) is 11.8 Å². The number of hydrogen-bond acceptors (Lipinski definition) is 3. The number of amides is 2. The molecular weight excluding hydrogens is 330 g/mol. The summed E-state index contributed by atoms with van der Waals surface area (Å²) in [4.78, 5) is 27.5. The van der Waals surface area contributed by atoms with E-state index in [1.165, 1.54) is 6.92 Å². The molecule has 0 bridgehead atoms. The van der Waals surface area contributed by atoms with Crippen LogP contribution in [0.1, 0.15) is 12.5 Å². The largest absolute Gasteiger partial charge is 0.497 e. The van der Waals surface area contributed by atoms with Crippen molar-refractivity contribution in [2.45, 2.75) is 19.4 Å². The summed E-state index contributed by atoms with van der Waals surface area (Å²) in [6.07, 6.45) is 2.27.